The number of carbonyl (C=O) groups is 3. The predicted molar refractivity (Wildman–Crippen MR) is 334 cm³/mol. The average molecular weight is 1070 g/mol. The zero-order valence-corrected chi connectivity index (χ0v) is 50.2. The molecule has 0 aromatic carbocycles. The van der Waals surface area contributed by atoms with Gasteiger partial charge in [-0.2, -0.15) is 0 Å². The van der Waals surface area contributed by atoms with E-state index in [-0.39, 0.29) is 38.0 Å². The van der Waals surface area contributed by atoms with Gasteiger partial charge >= 0.3 is 17.9 Å². The van der Waals surface area contributed by atoms with Gasteiger partial charge in [-0.05, 0) is 103 Å². The van der Waals surface area contributed by atoms with Crippen molar-refractivity contribution in [2.75, 3.05) is 13.2 Å². The van der Waals surface area contributed by atoms with Crippen LogP contribution in [0.4, 0.5) is 0 Å². The van der Waals surface area contributed by atoms with Crippen molar-refractivity contribution in [1.82, 2.24) is 0 Å². The fourth-order valence-corrected chi connectivity index (χ4v) is 8.74. The Morgan fingerprint density at radius 1 is 0.273 bits per heavy atom. The molecule has 0 aromatic heterocycles. The van der Waals surface area contributed by atoms with Crippen molar-refractivity contribution in [3.8, 4) is 0 Å². The molecule has 0 aliphatic carbocycles. The van der Waals surface area contributed by atoms with E-state index in [2.05, 4.69) is 118 Å². The fraction of sp³-hybridized carbons (Fsp3) is 0.676. The quantitative estimate of drug-likeness (QED) is 0.0261. The van der Waals surface area contributed by atoms with Crippen LogP contribution in [-0.2, 0) is 28.6 Å². The minimum atomic E-state index is -0.846. The molecule has 6 heteroatoms. The molecule has 0 aliphatic rings. The molecule has 1 atom stereocenters. The van der Waals surface area contributed by atoms with Gasteiger partial charge in [0.15, 0.2) is 6.10 Å². The highest BCUT2D eigenvalue weighted by atomic mass is 16.6. The summed E-state index contributed by atoms with van der Waals surface area (Å²) in [6.07, 6.45) is 89.9. The smallest absolute Gasteiger partial charge is 0.306 e. The summed E-state index contributed by atoms with van der Waals surface area (Å²) in [7, 11) is 0. The maximum absolute atomic E-state index is 12.8. The van der Waals surface area contributed by atoms with E-state index in [4.69, 9.17) is 14.2 Å². The van der Waals surface area contributed by atoms with E-state index in [1.54, 1.807) is 0 Å². The topological polar surface area (TPSA) is 78.9 Å². The lowest BCUT2D eigenvalue weighted by atomic mass is 10.0. The molecule has 0 amide bonds. The molecule has 0 aromatic rings. The molecular weight excluding hydrogens is 949 g/mol. The van der Waals surface area contributed by atoms with Crippen molar-refractivity contribution < 1.29 is 28.6 Å². The predicted octanol–water partition coefficient (Wildman–Crippen LogP) is 22.0. The van der Waals surface area contributed by atoms with Gasteiger partial charge in [0.25, 0.3) is 0 Å². The fourth-order valence-electron chi connectivity index (χ4n) is 8.74. The number of ether oxygens (including phenoxy) is 3. The molecule has 0 fully saturated rings. The minimum Gasteiger partial charge on any atom is -0.462 e. The number of esters is 3. The van der Waals surface area contributed by atoms with E-state index in [1.165, 1.54) is 161 Å². The second-order valence-corrected chi connectivity index (χ2v) is 20.9. The summed E-state index contributed by atoms with van der Waals surface area (Å²) in [5.41, 5.74) is 0. The first-order valence-electron chi connectivity index (χ1n) is 32.0. The van der Waals surface area contributed by atoms with Crippen LogP contribution in [0, 0.1) is 0 Å². The van der Waals surface area contributed by atoms with Crippen LogP contribution in [0.1, 0.15) is 290 Å². The lowest BCUT2D eigenvalue weighted by Crippen LogP contribution is -2.30. The number of rotatable bonds is 57. The Morgan fingerprint density at radius 3 is 0.870 bits per heavy atom. The van der Waals surface area contributed by atoms with Gasteiger partial charge in [0.05, 0.1) is 0 Å². The van der Waals surface area contributed by atoms with Crippen molar-refractivity contribution in [1.29, 1.82) is 0 Å². The number of unbranched alkanes of at least 4 members (excludes halogenated alkanes) is 26. The molecular formula is C71H118O6. The number of allylic oxidation sites excluding steroid dienone is 20. The molecule has 0 aliphatic heterocycles. The monoisotopic (exact) mass is 1070 g/mol. The second-order valence-electron chi connectivity index (χ2n) is 20.9. The molecule has 77 heavy (non-hydrogen) atoms. The van der Waals surface area contributed by atoms with Crippen molar-refractivity contribution in [2.24, 2.45) is 0 Å². The van der Waals surface area contributed by atoms with Crippen LogP contribution < -0.4 is 0 Å². The number of hydrogen-bond acceptors (Lipinski definition) is 6. The average Bonchev–Trinajstić information content (AvgIpc) is 3.43. The van der Waals surface area contributed by atoms with Gasteiger partial charge in [-0.1, -0.05) is 290 Å². The maximum Gasteiger partial charge on any atom is 0.306 e. The third-order valence-corrected chi connectivity index (χ3v) is 13.5. The van der Waals surface area contributed by atoms with E-state index in [0.717, 1.165) is 77.0 Å². The van der Waals surface area contributed by atoms with E-state index < -0.39 is 12.1 Å². The first kappa shape index (κ1) is 72.8. The lowest BCUT2D eigenvalue weighted by molar-refractivity contribution is -0.166. The molecule has 0 N–H and O–H groups in total. The third-order valence-electron chi connectivity index (χ3n) is 13.5. The molecule has 438 valence electrons. The Balaban J connectivity index is 4.17. The molecule has 6 nitrogen and oxygen atoms in total. The molecule has 0 rings (SSSR count). The zero-order chi connectivity index (χ0) is 55.7. The highest BCUT2D eigenvalue weighted by molar-refractivity contribution is 5.71. The highest BCUT2D eigenvalue weighted by Crippen LogP contribution is 2.16. The Kier molecular flexibility index (Phi) is 60.8. The van der Waals surface area contributed by atoms with Gasteiger partial charge in [-0.25, -0.2) is 0 Å². The summed E-state index contributed by atoms with van der Waals surface area (Å²) >= 11 is 0. The summed E-state index contributed by atoms with van der Waals surface area (Å²) in [5, 5.41) is 0. The van der Waals surface area contributed by atoms with Gasteiger partial charge < -0.3 is 14.2 Å². The first-order valence-corrected chi connectivity index (χ1v) is 32.0. The van der Waals surface area contributed by atoms with Crippen LogP contribution in [0.5, 0.6) is 0 Å². The largest absolute Gasteiger partial charge is 0.462 e. The summed E-state index contributed by atoms with van der Waals surface area (Å²) in [4.78, 5) is 38.1. The molecule has 0 heterocycles. The van der Waals surface area contributed by atoms with Crippen LogP contribution >= 0.6 is 0 Å². The highest BCUT2D eigenvalue weighted by Gasteiger charge is 2.19. The summed E-state index contributed by atoms with van der Waals surface area (Å²) in [6, 6.07) is 0. The van der Waals surface area contributed by atoms with E-state index in [1.807, 2.05) is 24.3 Å². The van der Waals surface area contributed by atoms with Crippen molar-refractivity contribution >= 4 is 17.9 Å². The Hall–Kier alpha value is -4.19. The SMILES string of the molecule is CC/C=C\C/C=C\C/C=C\C/C=C\CCC(=O)OCC(COC(=O)CCCCCCCCCCCCCCCCCCCCCCC/C=C\C/C=C\CCCCCCC)OC(=O)CC/C=C\C/C=C\C/C=C\C/C=C\CC. The summed E-state index contributed by atoms with van der Waals surface area (Å²) < 4.78 is 16.7. The van der Waals surface area contributed by atoms with E-state index >= 15 is 0 Å². The van der Waals surface area contributed by atoms with Gasteiger partial charge in [0.2, 0.25) is 0 Å². The Morgan fingerprint density at radius 2 is 0.532 bits per heavy atom. The summed E-state index contributed by atoms with van der Waals surface area (Å²) in [6.45, 7) is 6.28. The molecule has 0 radical (unpaired) electrons. The van der Waals surface area contributed by atoms with Crippen LogP contribution in [0.2, 0.25) is 0 Å². The van der Waals surface area contributed by atoms with Gasteiger partial charge in [-0.3, -0.25) is 14.4 Å². The Labute approximate surface area is 475 Å². The molecule has 0 saturated heterocycles. The maximum atomic E-state index is 12.8. The zero-order valence-electron chi connectivity index (χ0n) is 50.2. The summed E-state index contributed by atoms with van der Waals surface area (Å²) in [5.74, 6) is -1.10. The van der Waals surface area contributed by atoms with E-state index in [0.29, 0.717) is 19.3 Å². The minimum absolute atomic E-state index is 0.129. The van der Waals surface area contributed by atoms with Crippen molar-refractivity contribution in [3.05, 3.63) is 122 Å². The first-order chi connectivity index (χ1) is 38.0. The van der Waals surface area contributed by atoms with E-state index in [9.17, 15) is 14.4 Å². The van der Waals surface area contributed by atoms with Crippen LogP contribution in [0.3, 0.4) is 0 Å². The Bertz CT molecular complexity index is 1600. The molecule has 0 spiro atoms. The van der Waals surface area contributed by atoms with Crippen LogP contribution in [-0.4, -0.2) is 37.2 Å². The number of hydrogen-bond donors (Lipinski definition) is 0. The van der Waals surface area contributed by atoms with Gasteiger partial charge in [0, 0.05) is 19.3 Å². The van der Waals surface area contributed by atoms with Gasteiger partial charge in [0.1, 0.15) is 13.2 Å². The molecule has 0 saturated carbocycles. The normalized spacial score (nSPS) is 12.9. The number of carbonyl (C=O) groups excluding carboxylic acids is 3. The third kappa shape index (κ3) is 62.5. The van der Waals surface area contributed by atoms with Crippen LogP contribution in [0.15, 0.2) is 122 Å². The molecule has 0 bridgehead atoms. The second kappa shape index (κ2) is 64.3. The van der Waals surface area contributed by atoms with Gasteiger partial charge in [-0.15, -0.1) is 0 Å². The standard InChI is InChI=1S/C71H118O6/c1-4-7-10-13-16-19-22-25-26-27-28-29-30-31-32-33-34-35-36-37-38-39-40-41-42-43-44-47-49-52-55-58-61-64-70(73)76-67-68(77-71(74)65-62-59-56-53-50-46-24-21-18-15-12-9-6-3)66-75-69(72)63-60-57-54-51-48-45-23-20-17-14-11-8-5-2/h8-9,11-12,17-18,20-22,25,27-28,45-46,48,50,54,56-57,59,68H,4-7,10,13-16,19,23-24,26,29-44,47,49,51-53,55,58,60-67H2,1-3H3/b11-8-,12-9-,20-17-,21-18-,25-22-,28-27-,48-45-,50-46-,57-54-,59-56-. The van der Waals surface area contributed by atoms with Crippen molar-refractivity contribution in [2.45, 2.75) is 297 Å². The van der Waals surface area contributed by atoms with Crippen LogP contribution in [0.25, 0.3) is 0 Å². The molecule has 1 unspecified atom stereocenters. The van der Waals surface area contributed by atoms with Crippen molar-refractivity contribution in [3.63, 3.8) is 0 Å². The lowest BCUT2D eigenvalue weighted by Gasteiger charge is -2.18.